The molecule has 2 rings (SSSR count). The molecule has 1 aromatic heterocycles. The number of rotatable bonds is 6. The van der Waals surface area contributed by atoms with Crippen molar-refractivity contribution in [2.24, 2.45) is 0 Å². The maximum atomic E-state index is 11.0. The summed E-state index contributed by atoms with van der Waals surface area (Å²) in [7, 11) is 0. The molecule has 1 aromatic carbocycles. The largest absolute Gasteiger partial charge is 0.478 e. The molecule has 2 aromatic rings. The van der Waals surface area contributed by atoms with Crippen molar-refractivity contribution in [2.75, 3.05) is 18.0 Å². The van der Waals surface area contributed by atoms with E-state index in [0.29, 0.717) is 18.6 Å². The monoisotopic (exact) mass is 269 g/mol. The Kier molecular flexibility index (Phi) is 4.10. The van der Waals surface area contributed by atoms with E-state index in [1.807, 2.05) is 4.90 Å². The van der Waals surface area contributed by atoms with Crippen molar-refractivity contribution in [2.45, 2.75) is 0 Å². The van der Waals surface area contributed by atoms with Gasteiger partial charge in [-0.25, -0.2) is 14.8 Å². The summed E-state index contributed by atoms with van der Waals surface area (Å²) in [6.07, 6.45) is 4.99. The Morgan fingerprint density at radius 2 is 1.95 bits per heavy atom. The minimum Gasteiger partial charge on any atom is -0.478 e. The normalized spacial score (nSPS) is 10.2. The number of carboxylic acids is 1. The highest BCUT2D eigenvalue weighted by Gasteiger charge is 2.12. The van der Waals surface area contributed by atoms with Crippen LogP contribution in [0.4, 0.5) is 5.82 Å². The number of hydrogen-bond acceptors (Lipinski definition) is 4. The highest BCUT2D eigenvalue weighted by molar-refractivity contribution is 5.96. The number of aromatic carboxylic acids is 1. The lowest BCUT2D eigenvalue weighted by atomic mass is 10.1. The molecule has 1 heterocycles. The second kappa shape index (κ2) is 5.97. The van der Waals surface area contributed by atoms with Crippen LogP contribution in [0.15, 0.2) is 49.8 Å². The molecular formula is C15H15N3O2. The molecule has 0 spiro atoms. The topological polar surface area (TPSA) is 66.3 Å². The third kappa shape index (κ3) is 2.66. The van der Waals surface area contributed by atoms with Crippen LogP contribution < -0.4 is 4.90 Å². The Balaban J connectivity index is 2.55. The van der Waals surface area contributed by atoms with Crippen molar-refractivity contribution in [3.8, 4) is 0 Å². The van der Waals surface area contributed by atoms with Crippen LogP contribution in [0.3, 0.4) is 0 Å². The number of benzene rings is 1. The fourth-order valence-corrected chi connectivity index (χ4v) is 1.99. The van der Waals surface area contributed by atoms with Crippen molar-refractivity contribution < 1.29 is 9.90 Å². The molecule has 0 aliphatic heterocycles. The van der Waals surface area contributed by atoms with Gasteiger partial charge in [-0.15, -0.1) is 13.2 Å². The van der Waals surface area contributed by atoms with Gasteiger partial charge in [0.2, 0.25) is 0 Å². The molecule has 1 N–H and O–H groups in total. The third-order valence-electron chi connectivity index (χ3n) is 2.86. The van der Waals surface area contributed by atoms with E-state index in [-0.39, 0.29) is 5.56 Å². The lowest BCUT2D eigenvalue weighted by Crippen LogP contribution is -2.24. The van der Waals surface area contributed by atoms with Crippen molar-refractivity contribution in [1.82, 2.24) is 9.97 Å². The van der Waals surface area contributed by atoms with Gasteiger partial charge in [0.1, 0.15) is 12.1 Å². The van der Waals surface area contributed by atoms with Crippen LogP contribution in [0.25, 0.3) is 10.9 Å². The lowest BCUT2D eigenvalue weighted by molar-refractivity contribution is 0.0697. The first-order valence-electron chi connectivity index (χ1n) is 6.12. The molecule has 5 nitrogen and oxygen atoms in total. The van der Waals surface area contributed by atoms with Crippen LogP contribution in [0, 0.1) is 0 Å². The standard InChI is InChI=1S/C15H15N3O2/c1-3-7-18(8-4-2)14-12-6-5-11(15(19)20)9-13(12)16-10-17-14/h3-6,9-10H,1-2,7-8H2,(H,19,20). The van der Waals surface area contributed by atoms with Gasteiger partial charge in [-0.1, -0.05) is 12.2 Å². The predicted octanol–water partition coefficient (Wildman–Crippen LogP) is 2.51. The van der Waals surface area contributed by atoms with Gasteiger partial charge in [0.15, 0.2) is 0 Å². The molecule has 0 amide bonds. The van der Waals surface area contributed by atoms with Crippen LogP contribution in [-0.4, -0.2) is 34.1 Å². The zero-order valence-electron chi connectivity index (χ0n) is 11.0. The van der Waals surface area contributed by atoms with E-state index in [4.69, 9.17) is 5.11 Å². The van der Waals surface area contributed by atoms with Crippen LogP contribution >= 0.6 is 0 Å². The first kappa shape index (κ1) is 13.7. The second-order valence-corrected chi connectivity index (χ2v) is 4.22. The molecule has 0 bridgehead atoms. The van der Waals surface area contributed by atoms with Crippen molar-refractivity contribution in [3.63, 3.8) is 0 Å². The van der Waals surface area contributed by atoms with Crippen LogP contribution in [0.1, 0.15) is 10.4 Å². The minimum absolute atomic E-state index is 0.209. The Morgan fingerprint density at radius 1 is 1.25 bits per heavy atom. The van der Waals surface area contributed by atoms with Crippen molar-refractivity contribution >= 4 is 22.7 Å². The van der Waals surface area contributed by atoms with E-state index in [9.17, 15) is 4.79 Å². The molecule has 0 saturated heterocycles. The molecule has 0 unspecified atom stereocenters. The zero-order chi connectivity index (χ0) is 14.5. The highest BCUT2D eigenvalue weighted by atomic mass is 16.4. The number of fused-ring (bicyclic) bond motifs is 1. The zero-order valence-corrected chi connectivity index (χ0v) is 11.0. The molecule has 20 heavy (non-hydrogen) atoms. The quantitative estimate of drug-likeness (QED) is 0.816. The van der Waals surface area contributed by atoms with Gasteiger partial charge in [-0.2, -0.15) is 0 Å². The van der Waals surface area contributed by atoms with Gasteiger partial charge < -0.3 is 10.0 Å². The summed E-state index contributed by atoms with van der Waals surface area (Å²) in [5.41, 5.74) is 0.814. The van der Waals surface area contributed by atoms with E-state index in [1.165, 1.54) is 6.33 Å². The molecule has 0 aliphatic rings. The van der Waals surface area contributed by atoms with E-state index >= 15 is 0 Å². The maximum absolute atomic E-state index is 11.0. The van der Waals surface area contributed by atoms with Gasteiger partial charge in [-0.05, 0) is 18.2 Å². The van der Waals surface area contributed by atoms with E-state index in [2.05, 4.69) is 23.1 Å². The molecule has 0 fully saturated rings. The third-order valence-corrected chi connectivity index (χ3v) is 2.86. The maximum Gasteiger partial charge on any atom is 0.335 e. The Morgan fingerprint density at radius 3 is 2.55 bits per heavy atom. The van der Waals surface area contributed by atoms with Crippen LogP contribution in [0.2, 0.25) is 0 Å². The van der Waals surface area contributed by atoms with Gasteiger partial charge >= 0.3 is 5.97 Å². The number of nitrogens with zero attached hydrogens (tertiary/aromatic N) is 3. The van der Waals surface area contributed by atoms with Gasteiger partial charge in [0, 0.05) is 18.5 Å². The number of carboxylic acid groups (broad SMARTS) is 1. The first-order valence-corrected chi connectivity index (χ1v) is 6.12. The summed E-state index contributed by atoms with van der Waals surface area (Å²) >= 11 is 0. The highest BCUT2D eigenvalue weighted by Crippen LogP contribution is 2.23. The van der Waals surface area contributed by atoms with Crippen molar-refractivity contribution in [1.29, 1.82) is 0 Å². The summed E-state index contributed by atoms with van der Waals surface area (Å²) in [5.74, 6) is -0.229. The summed E-state index contributed by atoms with van der Waals surface area (Å²) in [6, 6.07) is 4.83. The lowest BCUT2D eigenvalue weighted by Gasteiger charge is -2.21. The fourth-order valence-electron chi connectivity index (χ4n) is 1.99. The Bertz CT molecular complexity index is 657. The molecule has 0 radical (unpaired) electrons. The molecular weight excluding hydrogens is 254 g/mol. The molecule has 0 atom stereocenters. The average molecular weight is 269 g/mol. The average Bonchev–Trinajstić information content (AvgIpc) is 2.45. The number of aromatic nitrogens is 2. The second-order valence-electron chi connectivity index (χ2n) is 4.22. The Hall–Kier alpha value is -2.69. The van der Waals surface area contributed by atoms with E-state index < -0.39 is 5.97 Å². The van der Waals surface area contributed by atoms with Crippen LogP contribution in [0.5, 0.6) is 0 Å². The first-order chi connectivity index (χ1) is 9.67. The molecule has 0 saturated carbocycles. The van der Waals surface area contributed by atoms with Gasteiger partial charge in [0.05, 0.1) is 11.1 Å². The number of carbonyl (C=O) groups is 1. The van der Waals surface area contributed by atoms with Crippen molar-refractivity contribution in [3.05, 3.63) is 55.4 Å². The van der Waals surface area contributed by atoms with Crippen LogP contribution in [-0.2, 0) is 0 Å². The molecule has 5 heteroatoms. The fraction of sp³-hybridized carbons (Fsp3) is 0.133. The molecule has 0 aliphatic carbocycles. The summed E-state index contributed by atoms with van der Waals surface area (Å²) in [6.45, 7) is 8.70. The Labute approximate surface area is 116 Å². The van der Waals surface area contributed by atoms with Gasteiger partial charge in [0.25, 0.3) is 0 Å². The number of hydrogen-bond donors (Lipinski definition) is 1. The van der Waals surface area contributed by atoms with E-state index in [0.717, 1.165) is 11.2 Å². The summed E-state index contributed by atoms with van der Waals surface area (Å²) in [4.78, 5) is 21.4. The van der Waals surface area contributed by atoms with E-state index in [1.54, 1.807) is 30.4 Å². The minimum atomic E-state index is -0.971. The summed E-state index contributed by atoms with van der Waals surface area (Å²) in [5, 5.41) is 9.82. The molecule has 102 valence electrons. The summed E-state index contributed by atoms with van der Waals surface area (Å²) < 4.78 is 0. The number of anilines is 1. The predicted molar refractivity (Wildman–Crippen MR) is 79.1 cm³/mol. The SMILES string of the molecule is C=CCN(CC=C)c1ncnc2cc(C(=O)O)ccc12. The van der Waals surface area contributed by atoms with Gasteiger partial charge in [-0.3, -0.25) is 0 Å². The smallest absolute Gasteiger partial charge is 0.335 e.